The molecule has 0 aliphatic rings. The van der Waals surface area contributed by atoms with Gasteiger partial charge in [-0.2, -0.15) is 0 Å². The van der Waals surface area contributed by atoms with E-state index >= 15 is 0 Å². The Morgan fingerprint density at radius 1 is 1.59 bits per heavy atom. The minimum absolute atomic E-state index is 0.0462. The number of hydrogen-bond acceptors (Lipinski definition) is 4. The number of anilines is 1. The predicted octanol–water partition coefficient (Wildman–Crippen LogP) is 2.06. The van der Waals surface area contributed by atoms with Crippen LogP contribution < -0.4 is 5.32 Å². The van der Waals surface area contributed by atoms with Gasteiger partial charge in [-0.1, -0.05) is 6.92 Å². The molecule has 0 aromatic carbocycles. The first-order valence-corrected chi connectivity index (χ1v) is 6.25. The van der Waals surface area contributed by atoms with Gasteiger partial charge in [0.1, 0.15) is 4.60 Å². The Labute approximate surface area is 108 Å². The Kier molecular flexibility index (Phi) is 3.35. The molecule has 2 aromatic heterocycles. The molecule has 92 valence electrons. The number of imidazole rings is 1. The number of halogens is 1. The van der Waals surface area contributed by atoms with E-state index in [1.165, 1.54) is 0 Å². The van der Waals surface area contributed by atoms with Crippen LogP contribution in [0.25, 0.3) is 5.65 Å². The van der Waals surface area contributed by atoms with Gasteiger partial charge >= 0.3 is 0 Å². The number of hydrogen-bond donors (Lipinski definition) is 2. The van der Waals surface area contributed by atoms with Crippen molar-refractivity contribution in [1.29, 1.82) is 0 Å². The summed E-state index contributed by atoms with van der Waals surface area (Å²) in [6.45, 7) is 4.02. The van der Waals surface area contributed by atoms with Crippen LogP contribution in [0.5, 0.6) is 0 Å². The maximum Gasteiger partial charge on any atom is 0.180 e. The second kappa shape index (κ2) is 4.62. The Hall–Kier alpha value is -1.14. The van der Waals surface area contributed by atoms with Crippen molar-refractivity contribution in [2.45, 2.75) is 25.8 Å². The fourth-order valence-corrected chi connectivity index (χ4v) is 1.91. The van der Waals surface area contributed by atoms with Gasteiger partial charge in [-0.15, -0.1) is 0 Å². The highest BCUT2D eigenvalue weighted by molar-refractivity contribution is 9.10. The fourth-order valence-electron chi connectivity index (χ4n) is 1.51. The lowest BCUT2D eigenvalue weighted by molar-refractivity contribution is 0.218. The van der Waals surface area contributed by atoms with E-state index in [1.54, 1.807) is 6.20 Å². The Bertz CT molecular complexity index is 521. The van der Waals surface area contributed by atoms with E-state index < -0.39 is 0 Å². The second-order valence-electron chi connectivity index (χ2n) is 4.27. The number of aromatic nitrogens is 3. The largest absolute Gasteiger partial charge is 0.394 e. The summed E-state index contributed by atoms with van der Waals surface area (Å²) in [7, 11) is 0. The summed E-state index contributed by atoms with van der Waals surface area (Å²) in [5, 5.41) is 12.7. The number of aliphatic hydroxyl groups excluding tert-OH is 1. The zero-order valence-electron chi connectivity index (χ0n) is 9.81. The molecule has 0 radical (unpaired) electrons. The minimum Gasteiger partial charge on any atom is -0.394 e. The van der Waals surface area contributed by atoms with Gasteiger partial charge in [0.25, 0.3) is 0 Å². The van der Waals surface area contributed by atoms with E-state index in [4.69, 9.17) is 0 Å². The summed E-state index contributed by atoms with van der Waals surface area (Å²) in [6.07, 6.45) is 6.21. The van der Waals surface area contributed by atoms with E-state index in [-0.39, 0.29) is 12.1 Å². The van der Waals surface area contributed by atoms with Crippen molar-refractivity contribution in [2.24, 2.45) is 0 Å². The van der Waals surface area contributed by atoms with E-state index in [0.717, 1.165) is 16.7 Å². The van der Waals surface area contributed by atoms with Gasteiger partial charge in [0.15, 0.2) is 11.5 Å². The molecule has 17 heavy (non-hydrogen) atoms. The molecule has 2 rings (SSSR count). The Morgan fingerprint density at radius 3 is 3.00 bits per heavy atom. The third-order valence-corrected chi connectivity index (χ3v) is 3.28. The molecule has 0 fully saturated rings. The van der Waals surface area contributed by atoms with Gasteiger partial charge in [0.2, 0.25) is 0 Å². The zero-order valence-corrected chi connectivity index (χ0v) is 11.4. The smallest absolute Gasteiger partial charge is 0.180 e. The molecule has 2 N–H and O–H groups in total. The van der Waals surface area contributed by atoms with Crippen LogP contribution >= 0.6 is 15.9 Å². The Morgan fingerprint density at radius 2 is 2.35 bits per heavy atom. The number of nitrogens with zero attached hydrogens (tertiary/aromatic N) is 3. The van der Waals surface area contributed by atoms with Gasteiger partial charge in [-0.3, -0.25) is 0 Å². The summed E-state index contributed by atoms with van der Waals surface area (Å²) in [5.41, 5.74) is 0.363. The van der Waals surface area contributed by atoms with E-state index in [2.05, 4.69) is 31.2 Å². The number of aliphatic hydroxyl groups is 1. The van der Waals surface area contributed by atoms with Crippen molar-refractivity contribution in [3.63, 3.8) is 0 Å². The van der Waals surface area contributed by atoms with E-state index in [9.17, 15) is 5.11 Å². The van der Waals surface area contributed by atoms with Crippen LogP contribution in [-0.2, 0) is 0 Å². The molecule has 1 unspecified atom stereocenters. The topological polar surface area (TPSA) is 62.5 Å². The lowest BCUT2D eigenvalue weighted by Crippen LogP contribution is -2.38. The average molecular weight is 299 g/mol. The maximum absolute atomic E-state index is 9.41. The maximum atomic E-state index is 9.41. The first kappa shape index (κ1) is 12.3. The molecular weight excluding hydrogens is 284 g/mol. The monoisotopic (exact) mass is 298 g/mol. The molecule has 5 nitrogen and oxygen atoms in total. The van der Waals surface area contributed by atoms with Crippen LogP contribution in [0.15, 0.2) is 23.2 Å². The van der Waals surface area contributed by atoms with Crippen molar-refractivity contribution in [3.05, 3.63) is 23.2 Å². The second-order valence-corrected chi connectivity index (χ2v) is 5.08. The highest BCUT2D eigenvalue weighted by atomic mass is 79.9. The van der Waals surface area contributed by atoms with Crippen LogP contribution in [0.2, 0.25) is 0 Å². The number of rotatable bonds is 4. The molecule has 1 atom stereocenters. The third-order valence-electron chi connectivity index (χ3n) is 2.89. The minimum atomic E-state index is -0.389. The van der Waals surface area contributed by atoms with Crippen molar-refractivity contribution in [3.8, 4) is 0 Å². The SMILES string of the molecule is CCC(C)(CO)Nc1nc(Br)cn2ccnc12. The highest BCUT2D eigenvalue weighted by Gasteiger charge is 2.22. The number of fused-ring (bicyclic) bond motifs is 1. The zero-order chi connectivity index (χ0) is 12.5. The van der Waals surface area contributed by atoms with E-state index in [1.807, 2.05) is 30.6 Å². The average Bonchev–Trinajstić information content (AvgIpc) is 2.77. The molecule has 2 heterocycles. The summed E-state index contributed by atoms with van der Waals surface area (Å²) < 4.78 is 2.61. The van der Waals surface area contributed by atoms with Gasteiger partial charge in [0, 0.05) is 18.6 Å². The molecule has 0 aliphatic carbocycles. The fraction of sp³-hybridized carbons (Fsp3) is 0.455. The van der Waals surface area contributed by atoms with Gasteiger partial charge < -0.3 is 14.8 Å². The molecule has 0 bridgehead atoms. The standard InChI is InChI=1S/C11H15BrN4O/c1-3-11(2,7-17)15-9-10-13-4-5-16(10)6-8(12)14-9/h4-6,17H,3,7H2,1-2H3,(H,14,15). The van der Waals surface area contributed by atoms with Crippen LogP contribution in [-0.4, -0.2) is 31.6 Å². The third kappa shape index (κ3) is 2.42. The van der Waals surface area contributed by atoms with Crippen molar-refractivity contribution in [1.82, 2.24) is 14.4 Å². The van der Waals surface area contributed by atoms with Crippen LogP contribution in [0, 0.1) is 0 Å². The quantitative estimate of drug-likeness (QED) is 0.907. The van der Waals surface area contributed by atoms with Crippen molar-refractivity contribution >= 4 is 27.4 Å². The normalized spacial score (nSPS) is 14.8. The molecular formula is C11H15BrN4O. The first-order valence-electron chi connectivity index (χ1n) is 5.46. The molecule has 0 spiro atoms. The molecule has 2 aromatic rings. The lowest BCUT2D eigenvalue weighted by Gasteiger charge is -2.27. The highest BCUT2D eigenvalue weighted by Crippen LogP contribution is 2.22. The number of nitrogens with one attached hydrogen (secondary N) is 1. The van der Waals surface area contributed by atoms with Crippen LogP contribution in [0.3, 0.4) is 0 Å². The van der Waals surface area contributed by atoms with Gasteiger partial charge in [0.05, 0.1) is 12.1 Å². The van der Waals surface area contributed by atoms with Gasteiger partial charge in [-0.05, 0) is 29.3 Å². The lowest BCUT2D eigenvalue weighted by atomic mass is 10.0. The Balaban J connectivity index is 2.44. The van der Waals surface area contributed by atoms with Gasteiger partial charge in [-0.25, -0.2) is 9.97 Å². The van der Waals surface area contributed by atoms with Crippen LogP contribution in [0.4, 0.5) is 5.82 Å². The van der Waals surface area contributed by atoms with Crippen molar-refractivity contribution < 1.29 is 5.11 Å². The molecule has 0 amide bonds. The summed E-state index contributed by atoms with van der Waals surface area (Å²) in [4.78, 5) is 8.61. The van der Waals surface area contributed by atoms with E-state index in [0.29, 0.717) is 5.82 Å². The first-order chi connectivity index (χ1) is 8.08. The summed E-state index contributed by atoms with van der Waals surface area (Å²) in [5.74, 6) is 0.669. The molecule has 6 heteroatoms. The summed E-state index contributed by atoms with van der Waals surface area (Å²) >= 11 is 3.36. The van der Waals surface area contributed by atoms with Crippen molar-refractivity contribution in [2.75, 3.05) is 11.9 Å². The molecule has 0 aliphatic heterocycles. The molecule has 0 saturated carbocycles. The predicted molar refractivity (Wildman–Crippen MR) is 70.1 cm³/mol. The molecule has 0 saturated heterocycles. The summed E-state index contributed by atoms with van der Waals surface area (Å²) in [6, 6.07) is 0. The van der Waals surface area contributed by atoms with Crippen LogP contribution in [0.1, 0.15) is 20.3 Å².